The molecule has 0 aliphatic rings. The van der Waals surface area contributed by atoms with Crippen LogP contribution in [0.25, 0.3) is 10.9 Å². The summed E-state index contributed by atoms with van der Waals surface area (Å²) in [4.78, 5) is 31.4. The number of fused-ring (bicyclic) bond motifs is 1. The fraction of sp³-hybridized carbons (Fsp3) is 0.211. The number of hydrogen-bond acceptors (Lipinski definition) is 3. The fourth-order valence-corrected chi connectivity index (χ4v) is 3.10. The molecule has 0 spiro atoms. The van der Waals surface area contributed by atoms with Gasteiger partial charge in [-0.25, -0.2) is 0 Å². The van der Waals surface area contributed by atoms with Gasteiger partial charge in [-0.3, -0.25) is 14.6 Å². The number of halogens is 1. The molecule has 0 fully saturated rings. The standard InChI is InChI=1S/C19H17ClN2O3/c1-2-3-11-6-7-21-16(8-11)19(25)18-14(10-17(23)24)13-5-4-12(20)9-15(13)22-18/h4-9,22H,2-3,10H2,1H3,(H,23,24). The average Bonchev–Trinajstić information content (AvgIpc) is 2.91. The Morgan fingerprint density at radius 2 is 2.04 bits per heavy atom. The number of rotatable bonds is 6. The number of aromatic amines is 1. The number of H-pyrrole nitrogens is 1. The minimum atomic E-state index is -1.00. The lowest BCUT2D eigenvalue weighted by atomic mass is 10.0. The van der Waals surface area contributed by atoms with Crippen LogP contribution in [0.4, 0.5) is 0 Å². The molecule has 2 N–H and O–H groups in total. The molecule has 0 aliphatic carbocycles. The van der Waals surface area contributed by atoms with Gasteiger partial charge in [0.15, 0.2) is 0 Å². The van der Waals surface area contributed by atoms with Crippen molar-refractivity contribution in [1.29, 1.82) is 0 Å². The second kappa shape index (κ2) is 7.07. The van der Waals surface area contributed by atoms with Crippen molar-refractivity contribution in [1.82, 2.24) is 9.97 Å². The van der Waals surface area contributed by atoms with Gasteiger partial charge in [-0.1, -0.05) is 31.0 Å². The van der Waals surface area contributed by atoms with E-state index in [2.05, 4.69) is 16.9 Å². The Labute approximate surface area is 149 Å². The summed E-state index contributed by atoms with van der Waals surface area (Å²) in [5, 5.41) is 10.4. The number of nitrogens with zero attached hydrogens (tertiary/aromatic N) is 1. The van der Waals surface area contributed by atoms with Crippen molar-refractivity contribution in [2.24, 2.45) is 0 Å². The zero-order valence-electron chi connectivity index (χ0n) is 13.7. The molecule has 128 valence electrons. The van der Waals surface area contributed by atoms with Gasteiger partial charge in [0.05, 0.1) is 12.1 Å². The van der Waals surface area contributed by atoms with Crippen molar-refractivity contribution in [2.75, 3.05) is 0 Å². The Morgan fingerprint density at radius 3 is 2.76 bits per heavy atom. The summed E-state index contributed by atoms with van der Waals surface area (Å²) in [7, 11) is 0. The first kappa shape index (κ1) is 17.2. The van der Waals surface area contributed by atoms with Crippen molar-refractivity contribution < 1.29 is 14.7 Å². The van der Waals surface area contributed by atoms with Crippen LogP contribution in [0.3, 0.4) is 0 Å². The summed E-state index contributed by atoms with van der Waals surface area (Å²) in [5.74, 6) is -1.32. The van der Waals surface area contributed by atoms with Crippen molar-refractivity contribution in [3.8, 4) is 0 Å². The van der Waals surface area contributed by atoms with E-state index in [-0.39, 0.29) is 17.9 Å². The number of carbonyl (C=O) groups excluding carboxylic acids is 1. The molecule has 5 nitrogen and oxygen atoms in total. The molecule has 25 heavy (non-hydrogen) atoms. The van der Waals surface area contributed by atoms with E-state index in [1.165, 1.54) is 0 Å². The molecule has 0 aliphatic heterocycles. The van der Waals surface area contributed by atoms with Crippen LogP contribution in [0.1, 0.15) is 40.7 Å². The molecule has 0 saturated carbocycles. The molecule has 0 bridgehead atoms. The summed E-state index contributed by atoms with van der Waals surface area (Å²) < 4.78 is 0. The smallest absolute Gasteiger partial charge is 0.307 e. The molecule has 0 atom stereocenters. The molecule has 3 rings (SSSR count). The number of aliphatic carboxylic acids is 1. The van der Waals surface area contributed by atoms with E-state index in [0.717, 1.165) is 18.4 Å². The van der Waals surface area contributed by atoms with Gasteiger partial charge in [0, 0.05) is 27.7 Å². The second-order valence-electron chi connectivity index (χ2n) is 5.87. The highest BCUT2D eigenvalue weighted by Crippen LogP contribution is 2.27. The minimum Gasteiger partial charge on any atom is -0.481 e. The van der Waals surface area contributed by atoms with Gasteiger partial charge in [-0.05, 0) is 36.2 Å². The Balaban J connectivity index is 2.11. The summed E-state index contributed by atoms with van der Waals surface area (Å²) in [6.07, 6.45) is 3.17. The number of carbonyl (C=O) groups is 2. The normalized spacial score (nSPS) is 11.0. The lowest BCUT2D eigenvalue weighted by molar-refractivity contribution is -0.136. The summed E-state index contributed by atoms with van der Waals surface area (Å²) in [5.41, 5.74) is 2.67. The maximum Gasteiger partial charge on any atom is 0.307 e. The molecular formula is C19H17ClN2O3. The quantitative estimate of drug-likeness (QED) is 0.653. The van der Waals surface area contributed by atoms with Crippen LogP contribution in [0.2, 0.25) is 5.02 Å². The number of aromatic nitrogens is 2. The molecule has 2 heterocycles. The lowest BCUT2D eigenvalue weighted by Gasteiger charge is -2.04. The third-order valence-electron chi connectivity index (χ3n) is 4.02. The maximum atomic E-state index is 12.9. The minimum absolute atomic E-state index is 0.251. The number of carboxylic acid groups (broad SMARTS) is 1. The van der Waals surface area contributed by atoms with Crippen molar-refractivity contribution in [3.63, 3.8) is 0 Å². The van der Waals surface area contributed by atoms with Crippen LogP contribution in [0.15, 0.2) is 36.5 Å². The van der Waals surface area contributed by atoms with E-state index in [1.807, 2.05) is 6.07 Å². The van der Waals surface area contributed by atoms with E-state index >= 15 is 0 Å². The number of carboxylic acids is 1. The number of hydrogen-bond donors (Lipinski definition) is 2. The van der Waals surface area contributed by atoms with Crippen LogP contribution in [-0.2, 0) is 17.6 Å². The van der Waals surface area contributed by atoms with Crippen LogP contribution in [0.5, 0.6) is 0 Å². The lowest BCUT2D eigenvalue weighted by Crippen LogP contribution is -2.10. The average molecular weight is 357 g/mol. The summed E-state index contributed by atoms with van der Waals surface area (Å²) in [6.45, 7) is 2.06. The molecule has 1 aromatic carbocycles. The predicted octanol–water partition coefficient (Wildman–Crippen LogP) is 4.03. The van der Waals surface area contributed by atoms with Gasteiger partial charge in [-0.15, -0.1) is 0 Å². The maximum absolute atomic E-state index is 12.9. The van der Waals surface area contributed by atoms with E-state index in [4.69, 9.17) is 11.6 Å². The largest absolute Gasteiger partial charge is 0.481 e. The van der Waals surface area contributed by atoms with Gasteiger partial charge < -0.3 is 10.1 Å². The molecule has 0 saturated heterocycles. The number of benzene rings is 1. The van der Waals surface area contributed by atoms with E-state index < -0.39 is 5.97 Å². The van der Waals surface area contributed by atoms with Gasteiger partial charge >= 0.3 is 5.97 Å². The van der Waals surface area contributed by atoms with Gasteiger partial charge in [0.25, 0.3) is 0 Å². The van der Waals surface area contributed by atoms with Crippen molar-refractivity contribution >= 4 is 34.3 Å². The van der Waals surface area contributed by atoms with Crippen molar-refractivity contribution in [3.05, 3.63) is 64.1 Å². The third kappa shape index (κ3) is 3.56. The van der Waals surface area contributed by atoms with Crippen molar-refractivity contribution in [2.45, 2.75) is 26.2 Å². The predicted molar refractivity (Wildman–Crippen MR) is 96.3 cm³/mol. The molecule has 0 amide bonds. The second-order valence-corrected chi connectivity index (χ2v) is 6.30. The van der Waals surface area contributed by atoms with E-state index in [0.29, 0.717) is 27.2 Å². The molecule has 0 radical (unpaired) electrons. The van der Waals surface area contributed by atoms with Gasteiger partial charge in [0.1, 0.15) is 5.69 Å². The highest BCUT2D eigenvalue weighted by atomic mass is 35.5. The Kier molecular flexibility index (Phi) is 4.86. The van der Waals surface area contributed by atoms with Crippen LogP contribution in [0, 0.1) is 0 Å². The van der Waals surface area contributed by atoms with Crippen LogP contribution >= 0.6 is 11.6 Å². The first-order valence-corrected chi connectivity index (χ1v) is 8.39. The Bertz CT molecular complexity index is 962. The molecule has 2 aromatic heterocycles. The number of nitrogens with one attached hydrogen (secondary N) is 1. The van der Waals surface area contributed by atoms with Gasteiger partial charge in [-0.2, -0.15) is 0 Å². The van der Waals surface area contributed by atoms with Gasteiger partial charge in [0.2, 0.25) is 5.78 Å². The summed E-state index contributed by atoms with van der Waals surface area (Å²) >= 11 is 6.00. The van der Waals surface area contributed by atoms with Crippen LogP contribution < -0.4 is 0 Å². The Morgan fingerprint density at radius 1 is 1.24 bits per heavy atom. The van der Waals surface area contributed by atoms with Crippen LogP contribution in [-0.4, -0.2) is 26.8 Å². The monoisotopic (exact) mass is 356 g/mol. The highest BCUT2D eigenvalue weighted by molar-refractivity contribution is 6.31. The topological polar surface area (TPSA) is 83.0 Å². The van der Waals surface area contributed by atoms with E-state index in [1.54, 1.807) is 30.5 Å². The number of pyridine rings is 1. The summed E-state index contributed by atoms with van der Waals surface area (Å²) in [6, 6.07) is 8.72. The fourth-order valence-electron chi connectivity index (χ4n) is 2.93. The van der Waals surface area contributed by atoms with E-state index in [9.17, 15) is 14.7 Å². The highest BCUT2D eigenvalue weighted by Gasteiger charge is 2.22. The zero-order valence-corrected chi connectivity index (χ0v) is 14.4. The first-order chi connectivity index (χ1) is 12.0. The number of ketones is 1. The first-order valence-electron chi connectivity index (χ1n) is 8.01. The SMILES string of the molecule is CCCc1ccnc(C(=O)c2[nH]c3cc(Cl)ccc3c2CC(=O)O)c1. The molecular weight excluding hydrogens is 340 g/mol. The molecule has 6 heteroatoms. The molecule has 3 aromatic rings. The molecule has 0 unspecified atom stereocenters. The zero-order chi connectivity index (χ0) is 18.0. The Hall–Kier alpha value is -2.66. The third-order valence-corrected chi connectivity index (χ3v) is 4.25. The number of aryl methyl sites for hydroxylation is 1.